The maximum Gasteiger partial charge on any atom is 0.252 e. The van der Waals surface area contributed by atoms with Crippen molar-refractivity contribution in [2.24, 2.45) is 5.92 Å². The molecule has 1 aromatic carbocycles. The number of nitrogens with one attached hydrogen (secondary N) is 1. The number of rotatable bonds is 6. The number of carbonyl (C=O) groups excluding carboxylic acids is 1. The van der Waals surface area contributed by atoms with E-state index in [1.54, 1.807) is 24.3 Å². The fraction of sp³-hybridized carbons (Fsp3) is 0.389. The summed E-state index contributed by atoms with van der Waals surface area (Å²) in [5, 5.41) is 2.87. The SMILES string of the molecule is O=C(NCCc1ccc(F)cc1)[C@@H]1CCCN(S(=O)(=O)c2ccc(Br)s2)C1. The lowest BCUT2D eigenvalue weighted by Gasteiger charge is -2.30. The maximum absolute atomic E-state index is 12.9. The summed E-state index contributed by atoms with van der Waals surface area (Å²) < 4.78 is 40.9. The Hall–Kier alpha value is -1.29. The average Bonchev–Trinajstić information content (AvgIpc) is 3.10. The molecule has 0 bridgehead atoms. The molecule has 1 saturated heterocycles. The number of thiophene rings is 1. The van der Waals surface area contributed by atoms with Gasteiger partial charge in [-0.2, -0.15) is 4.31 Å². The number of hydrogen-bond donors (Lipinski definition) is 1. The second kappa shape index (κ2) is 8.81. The van der Waals surface area contributed by atoms with Gasteiger partial charge in [0.25, 0.3) is 10.0 Å². The molecule has 146 valence electrons. The number of amides is 1. The molecule has 2 heterocycles. The first-order valence-corrected chi connectivity index (χ1v) is 11.7. The van der Waals surface area contributed by atoms with E-state index in [0.29, 0.717) is 32.4 Å². The monoisotopic (exact) mass is 474 g/mol. The fourth-order valence-electron chi connectivity index (χ4n) is 3.06. The van der Waals surface area contributed by atoms with Crippen molar-refractivity contribution >= 4 is 43.2 Å². The van der Waals surface area contributed by atoms with Crippen molar-refractivity contribution in [1.82, 2.24) is 9.62 Å². The zero-order valence-corrected chi connectivity index (χ0v) is 17.7. The van der Waals surface area contributed by atoms with E-state index < -0.39 is 10.0 Å². The van der Waals surface area contributed by atoms with E-state index >= 15 is 0 Å². The Morgan fingerprint density at radius 2 is 2.00 bits per heavy atom. The van der Waals surface area contributed by atoms with Crippen molar-refractivity contribution < 1.29 is 17.6 Å². The van der Waals surface area contributed by atoms with Gasteiger partial charge in [-0.25, -0.2) is 12.8 Å². The van der Waals surface area contributed by atoms with Gasteiger partial charge in [-0.1, -0.05) is 12.1 Å². The van der Waals surface area contributed by atoms with Gasteiger partial charge in [0.2, 0.25) is 5.91 Å². The Kier molecular flexibility index (Phi) is 6.67. The summed E-state index contributed by atoms with van der Waals surface area (Å²) in [4.78, 5) is 12.5. The maximum atomic E-state index is 12.9. The summed E-state index contributed by atoms with van der Waals surface area (Å²) >= 11 is 4.46. The van der Waals surface area contributed by atoms with E-state index in [4.69, 9.17) is 0 Å². The molecular formula is C18H20BrFN2O3S2. The van der Waals surface area contributed by atoms with Crippen molar-refractivity contribution in [3.05, 3.63) is 51.6 Å². The number of sulfonamides is 1. The summed E-state index contributed by atoms with van der Waals surface area (Å²) in [6, 6.07) is 9.46. The van der Waals surface area contributed by atoms with Crippen molar-refractivity contribution in [3.8, 4) is 0 Å². The Bertz CT molecular complexity index is 900. The summed E-state index contributed by atoms with van der Waals surface area (Å²) in [6.45, 7) is 1.06. The molecule has 1 amide bonds. The molecule has 0 radical (unpaired) electrons. The molecule has 1 fully saturated rings. The van der Waals surface area contributed by atoms with Gasteiger partial charge < -0.3 is 5.32 Å². The number of hydrogen-bond acceptors (Lipinski definition) is 4. The molecule has 1 aromatic heterocycles. The van der Waals surface area contributed by atoms with Crippen molar-refractivity contribution in [1.29, 1.82) is 0 Å². The molecule has 0 saturated carbocycles. The molecule has 1 atom stereocenters. The summed E-state index contributed by atoms with van der Waals surface area (Å²) in [5.74, 6) is -0.779. The van der Waals surface area contributed by atoms with E-state index in [1.807, 2.05) is 0 Å². The molecular weight excluding hydrogens is 455 g/mol. The van der Waals surface area contributed by atoms with Gasteiger partial charge >= 0.3 is 0 Å². The van der Waals surface area contributed by atoms with Crippen LogP contribution in [0.25, 0.3) is 0 Å². The topological polar surface area (TPSA) is 66.5 Å². The van der Waals surface area contributed by atoms with Gasteiger partial charge in [-0.05, 0) is 65.0 Å². The van der Waals surface area contributed by atoms with Gasteiger partial charge in [0.05, 0.1) is 9.70 Å². The molecule has 9 heteroatoms. The highest BCUT2D eigenvalue weighted by Gasteiger charge is 2.33. The smallest absolute Gasteiger partial charge is 0.252 e. The van der Waals surface area contributed by atoms with Crippen LogP contribution in [0, 0.1) is 11.7 Å². The van der Waals surface area contributed by atoms with Gasteiger partial charge in [-0.15, -0.1) is 11.3 Å². The van der Waals surface area contributed by atoms with Crippen LogP contribution in [0.3, 0.4) is 0 Å². The van der Waals surface area contributed by atoms with E-state index in [0.717, 1.165) is 9.35 Å². The number of piperidine rings is 1. The lowest BCUT2D eigenvalue weighted by atomic mass is 9.99. The highest BCUT2D eigenvalue weighted by atomic mass is 79.9. The van der Waals surface area contributed by atoms with E-state index in [1.165, 1.54) is 27.8 Å². The van der Waals surface area contributed by atoms with Gasteiger partial charge in [0.15, 0.2) is 0 Å². The number of halogens is 2. The van der Waals surface area contributed by atoms with Crippen LogP contribution >= 0.6 is 27.3 Å². The minimum atomic E-state index is -3.57. The van der Waals surface area contributed by atoms with Crippen molar-refractivity contribution in [2.75, 3.05) is 19.6 Å². The molecule has 3 rings (SSSR count). The molecule has 1 aliphatic rings. The first kappa shape index (κ1) is 20.4. The second-order valence-electron chi connectivity index (χ2n) is 6.43. The third-order valence-corrected chi connectivity index (χ3v) is 8.48. The highest BCUT2D eigenvalue weighted by Crippen LogP contribution is 2.30. The minimum absolute atomic E-state index is 0.135. The first-order chi connectivity index (χ1) is 12.9. The third kappa shape index (κ3) is 5.16. The number of benzene rings is 1. The van der Waals surface area contributed by atoms with Crippen molar-refractivity contribution in [3.63, 3.8) is 0 Å². The van der Waals surface area contributed by atoms with Crippen LogP contribution in [0.1, 0.15) is 18.4 Å². The van der Waals surface area contributed by atoms with Crippen LogP contribution in [-0.2, 0) is 21.2 Å². The van der Waals surface area contributed by atoms with Crippen LogP contribution in [0.2, 0.25) is 0 Å². The molecule has 1 N–H and O–H groups in total. The van der Waals surface area contributed by atoms with Crippen LogP contribution in [-0.4, -0.2) is 38.3 Å². The van der Waals surface area contributed by atoms with Crippen LogP contribution in [0.5, 0.6) is 0 Å². The molecule has 5 nitrogen and oxygen atoms in total. The first-order valence-electron chi connectivity index (χ1n) is 8.64. The molecule has 27 heavy (non-hydrogen) atoms. The fourth-order valence-corrected chi connectivity index (χ4v) is 6.75. The van der Waals surface area contributed by atoms with Crippen LogP contribution < -0.4 is 5.32 Å². The summed E-state index contributed by atoms with van der Waals surface area (Å²) in [7, 11) is -3.57. The van der Waals surface area contributed by atoms with E-state index in [2.05, 4.69) is 21.2 Å². The number of carbonyl (C=O) groups is 1. The molecule has 0 aliphatic carbocycles. The van der Waals surface area contributed by atoms with Crippen molar-refractivity contribution in [2.45, 2.75) is 23.5 Å². The molecule has 0 spiro atoms. The Labute approximate surface area is 170 Å². The molecule has 2 aromatic rings. The molecule has 0 unspecified atom stereocenters. The predicted octanol–water partition coefficient (Wildman–Crippen LogP) is 3.41. The van der Waals surface area contributed by atoms with Crippen LogP contribution in [0.15, 0.2) is 44.4 Å². The Morgan fingerprint density at radius 1 is 1.26 bits per heavy atom. The summed E-state index contributed by atoms with van der Waals surface area (Å²) in [5.41, 5.74) is 0.938. The van der Waals surface area contributed by atoms with Crippen LogP contribution in [0.4, 0.5) is 4.39 Å². The zero-order chi connectivity index (χ0) is 19.4. The third-order valence-electron chi connectivity index (χ3n) is 4.52. The van der Waals surface area contributed by atoms with Gasteiger partial charge in [0.1, 0.15) is 10.0 Å². The molecule has 1 aliphatic heterocycles. The lowest BCUT2D eigenvalue weighted by molar-refractivity contribution is -0.126. The normalized spacial score (nSPS) is 18.4. The second-order valence-corrected chi connectivity index (χ2v) is 11.1. The largest absolute Gasteiger partial charge is 0.355 e. The average molecular weight is 475 g/mol. The quantitative estimate of drug-likeness (QED) is 0.697. The highest BCUT2D eigenvalue weighted by molar-refractivity contribution is 9.11. The van der Waals surface area contributed by atoms with E-state index in [9.17, 15) is 17.6 Å². The standard InChI is InChI=1S/C18H20BrFN2O3S2/c19-16-7-8-17(26-16)27(24,25)22-11-1-2-14(12-22)18(23)21-10-9-13-3-5-15(20)6-4-13/h3-8,14H,1-2,9-12H2,(H,21,23)/t14-/m1/s1. The van der Waals surface area contributed by atoms with Gasteiger partial charge in [0, 0.05) is 19.6 Å². The Balaban J connectivity index is 1.55. The Morgan fingerprint density at radius 3 is 2.67 bits per heavy atom. The summed E-state index contributed by atoms with van der Waals surface area (Å²) in [6.07, 6.45) is 1.92. The van der Waals surface area contributed by atoms with E-state index in [-0.39, 0.29) is 28.4 Å². The number of nitrogens with zero attached hydrogens (tertiary/aromatic N) is 1. The predicted molar refractivity (Wildman–Crippen MR) is 107 cm³/mol. The minimum Gasteiger partial charge on any atom is -0.355 e. The zero-order valence-electron chi connectivity index (χ0n) is 14.5. The lowest BCUT2D eigenvalue weighted by Crippen LogP contribution is -2.45. The van der Waals surface area contributed by atoms with Gasteiger partial charge in [-0.3, -0.25) is 4.79 Å².